The van der Waals surface area contributed by atoms with Gasteiger partial charge in [0.2, 0.25) is 0 Å². The van der Waals surface area contributed by atoms with E-state index in [2.05, 4.69) is 0 Å². The number of hydrogen-bond donors (Lipinski definition) is 1. The van der Waals surface area contributed by atoms with E-state index in [1.165, 1.54) is 13.2 Å². The van der Waals surface area contributed by atoms with Crippen molar-refractivity contribution in [1.29, 1.82) is 0 Å². The molecule has 0 fully saturated rings. The van der Waals surface area contributed by atoms with Crippen molar-refractivity contribution in [2.75, 3.05) is 7.11 Å². The van der Waals surface area contributed by atoms with Crippen LogP contribution in [0.15, 0.2) is 42.5 Å². The lowest BCUT2D eigenvalue weighted by Gasteiger charge is -2.10. The molecule has 0 aliphatic carbocycles. The number of halogens is 1. The van der Waals surface area contributed by atoms with Crippen LogP contribution in [0.5, 0.6) is 11.5 Å². The summed E-state index contributed by atoms with van der Waals surface area (Å²) >= 11 is 0. The molecule has 0 spiro atoms. The van der Waals surface area contributed by atoms with E-state index in [-0.39, 0.29) is 19.0 Å². The topological polar surface area (TPSA) is 38.7 Å². The third-order valence-corrected chi connectivity index (χ3v) is 2.75. The molecule has 0 aromatic heterocycles. The number of benzene rings is 2. The predicted octanol–water partition coefficient (Wildman–Crippen LogP) is 2.91. The Hall–Kier alpha value is -2.07. The van der Waals surface area contributed by atoms with Crippen molar-refractivity contribution in [3.63, 3.8) is 0 Å². The minimum absolute atomic E-state index is 0.0901. The minimum Gasteiger partial charge on any atom is -0.494 e. The first-order valence-corrected chi connectivity index (χ1v) is 5.88. The number of aliphatic hydroxyl groups excluding tert-OH is 1. The van der Waals surface area contributed by atoms with Crippen LogP contribution in [0, 0.1) is 5.82 Å². The van der Waals surface area contributed by atoms with Crippen LogP contribution in [-0.2, 0) is 13.2 Å². The van der Waals surface area contributed by atoms with Gasteiger partial charge in [-0.3, -0.25) is 0 Å². The fourth-order valence-corrected chi connectivity index (χ4v) is 1.74. The summed E-state index contributed by atoms with van der Waals surface area (Å²) in [5.41, 5.74) is 1.41. The molecule has 0 bridgehead atoms. The molecule has 0 saturated carbocycles. The van der Waals surface area contributed by atoms with Crippen molar-refractivity contribution in [3.8, 4) is 11.5 Å². The summed E-state index contributed by atoms with van der Waals surface area (Å²) in [6, 6.07) is 11.9. The van der Waals surface area contributed by atoms with Gasteiger partial charge < -0.3 is 14.6 Å². The molecule has 0 atom stereocenters. The fourth-order valence-electron chi connectivity index (χ4n) is 1.74. The second-order valence-electron chi connectivity index (χ2n) is 4.02. The smallest absolute Gasteiger partial charge is 0.165 e. The highest BCUT2D eigenvalue weighted by Gasteiger charge is 2.05. The Morgan fingerprint density at radius 2 is 1.89 bits per heavy atom. The molecule has 2 aromatic rings. The summed E-state index contributed by atoms with van der Waals surface area (Å²) in [5.74, 6) is 0.389. The van der Waals surface area contributed by atoms with E-state index in [0.29, 0.717) is 16.9 Å². The van der Waals surface area contributed by atoms with Crippen LogP contribution < -0.4 is 9.47 Å². The van der Waals surface area contributed by atoms with Gasteiger partial charge in [-0.1, -0.05) is 24.3 Å². The van der Waals surface area contributed by atoms with Crippen molar-refractivity contribution in [3.05, 3.63) is 59.4 Å². The standard InChI is InChI=1S/C15H15FO3/c1-18-15-7-6-11(8-13(15)16)10-19-14-5-3-2-4-12(14)9-17/h2-8,17H,9-10H2,1H3. The molecule has 4 heteroatoms. The molecule has 0 aliphatic heterocycles. The van der Waals surface area contributed by atoms with Crippen molar-refractivity contribution in [1.82, 2.24) is 0 Å². The van der Waals surface area contributed by atoms with Crippen molar-refractivity contribution >= 4 is 0 Å². The number of rotatable bonds is 5. The summed E-state index contributed by atoms with van der Waals surface area (Å²) in [7, 11) is 1.42. The van der Waals surface area contributed by atoms with Crippen LogP contribution in [0.4, 0.5) is 4.39 Å². The van der Waals surface area contributed by atoms with Gasteiger partial charge in [0, 0.05) is 5.56 Å². The molecule has 2 rings (SSSR count). The third kappa shape index (κ3) is 3.23. The zero-order valence-corrected chi connectivity index (χ0v) is 10.6. The van der Waals surface area contributed by atoms with Crippen LogP contribution in [-0.4, -0.2) is 12.2 Å². The van der Waals surface area contributed by atoms with Gasteiger partial charge in [0.15, 0.2) is 11.6 Å². The molecule has 0 heterocycles. The van der Waals surface area contributed by atoms with Crippen LogP contribution in [0.2, 0.25) is 0 Å². The molecule has 19 heavy (non-hydrogen) atoms. The van der Waals surface area contributed by atoms with Crippen molar-refractivity contribution in [2.24, 2.45) is 0 Å². The van der Waals surface area contributed by atoms with E-state index >= 15 is 0 Å². The zero-order valence-electron chi connectivity index (χ0n) is 10.6. The summed E-state index contributed by atoms with van der Waals surface area (Å²) in [6.07, 6.45) is 0. The average molecular weight is 262 g/mol. The summed E-state index contributed by atoms with van der Waals surface area (Å²) < 4.78 is 23.9. The van der Waals surface area contributed by atoms with Gasteiger partial charge >= 0.3 is 0 Å². The SMILES string of the molecule is COc1ccc(COc2ccccc2CO)cc1F. The molecular weight excluding hydrogens is 247 g/mol. The van der Waals surface area contributed by atoms with Gasteiger partial charge in [-0.05, 0) is 23.8 Å². The van der Waals surface area contributed by atoms with E-state index in [4.69, 9.17) is 9.47 Å². The van der Waals surface area contributed by atoms with Gasteiger partial charge in [-0.2, -0.15) is 0 Å². The van der Waals surface area contributed by atoms with E-state index in [9.17, 15) is 9.50 Å². The molecule has 0 saturated heterocycles. The molecule has 0 radical (unpaired) electrons. The van der Waals surface area contributed by atoms with E-state index in [0.717, 1.165) is 0 Å². The highest BCUT2D eigenvalue weighted by atomic mass is 19.1. The Kier molecular flexibility index (Phi) is 4.36. The Labute approximate surface area is 111 Å². The number of para-hydroxylation sites is 1. The molecular formula is C15H15FO3. The Morgan fingerprint density at radius 3 is 2.58 bits per heavy atom. The largest absolute Gasteiger partial charge is 0.494 e. The Balaban J connectivity index is 2.08. The first kappa shape index (κ1) is 13.4. The number of hydrogen-bond acceptors (Lipinski definition) is 3. The van der Waals surface area contributed by atoms with Gasteiger partial charge in [-0.25, -0.2) is 4.39 Å². The van der Waals surface area contributed by atoms with E-state index < -0.39 is 5.82 Å². The van der Waals surface area contributed by atoms with Crippen LogP contribution in [0.25, 0.3) is 0 Å². The summed E-state index contributed by atoms with van der Waals surface area (Å²) in [4.78, 5) is 0. The summed E-state index contributed by atoms with van der Waals surface area (Å²) in [6.45, 7) is 0.144. The first-order chi connectivity index (χ1) is 9.24. The van der Waals surface area contributed by atoms with Gasteiger partial charge in [-0.15, -0.1) is 0 Å². The molecule has 100 valence electrons. The van der Waals surface area contributed by atoms with Gasteiger partial charge in [0.25, 0.3) is 0 Å². The lowest BCUT2D eigenvalue weighted by Crippen LogP contribution is -1.99. The van der Waals surface area contributed by atoms with Crippen molar-refractivity contribution < 1.29 is 19.0 Å². The zero-order chi connectivity index (χ0) is 13.7. The first-order valence-electron chi connectivity index (χ1n) is 5.88. The number of aliphatic hydroxyl groups is 1. The Morgan fingerprint density at radius 1 is 1.11 bits per heavy atom. The number of ether oxygens (including phenoxy) is 2. The monoisotopic (exact) mass is 262 g/mol. The second kappa shape index (κ2) is 6.20. The average Bonchev–Trinajstić information content (AvgIpc) is 2.45. The molecule has 0 amide bonds. The maximum Gasteiger partial charge on any atom is 0.165 e. The highest BCUT2D eigenvalue weighted by molar-refractivity contribution is 5.33. The summed E-state index contributed by atoms with van der Waals surface area (Å²) in [5, 5.41) is 9.17. The third-order valence-electron chi connectivity index (χ3n) is 2.75. The lowest BCUT2D eigenvalue weighted by atomic mass is 10.2. The van der Waals surface area contributed by atoms with Crippen molar-refractivity contribution in [2.45, 2.75) is 13.2 Å². The lowest BCUT2D eigenvalue weighted by molar-refractivity contribution is 0.258. The van der Waals surface area contributed by atoms with Gasteiger partial charge in [0.1, 0.15) is 12.4 Å². The molecule has 3 nitrogen and oxygen atoms in total. The van der Waals surface area contributed by atoms with Gasteiger partial charge in [0.05, 0.1) is 13.7 Å². The second-order valence-corrected chi connectivity index (χ2v) is 4.02. The van der Waals surface area contributed by atoms with Crippen LogP contribution >= 0.6 is 0 Å². The van der Waals surface area contributed by atoms with Crippen LogP contribution in [0.1, 0.15) is 11.1 Å². The molecule has 1 N–H and O–H groups in total. The molecule has 0 aliphatic rings. The fraction of sp³-hybridized carbons (Fsp3) is 0.200. The van der Waals surface area contributed by atoms with Crippen LogP contribution in [0.3, 0.4) is 0 Å². The highest BCUT2D eigenvalue weighted by Crippen LogP contribution is 2.21. The normalized spacial score (nSPS) is 10.3. The Bertz CT molecular complexity index is 555. The molecule has 2 aromatic carbocycles. The maximum atomic E-state index is 13.5. The predicted molar refractivity (Wildman–Crippen MR) is 69.6 cm³/mol. The minimum atomic E-state index is -0.418. The molecule has 0 unspecified atom stereocenters. The number of methoxy groups -OCH3 is 1. The quantitative estimate of drug-likeness (QED) is 0.900. The van der Waals surface area contributed by atoms with E-state index in [1.54, 1.807) is 24.3 Å². The maximum absolute atomic E-state index is 13.5. The van der Waals surface area contributed by atoms with E-state index in [1.807, 2.05) is 12.1 Å².